The summed E-state index contributed by atoms with van der Waals surface area (Å²) in [6, 6.07) is 6.27. The van der Waals surface area contributed by atoms with Crippen molar-refractivity contribution in [3.8, 4) is 5.75 Å². The van der Waals surface area contributed by atoms with Crippen LogP contribution in [-0.4, -0.2) is 13.2 Å². The normalized spacial score (nSPS) is 14.3. The summed E-state index contributed by atoms with van der Waals surface area (Å²) >= 11 is 5.80. The Morgan fingerprint density at radius 2 is 1.36 bits per heavy atom. The van der Waals surface area contributed by atoms with Crippen LogP contribution in [0, 0.1) is 0 Å². The molecule has 1 aromatic rings. The van der Waals surface area contributed by atoms with Crippen LogP contribution in [0.1, 0.15) is 121 Å². The van der Waals surface area contributed by atoms with E-state index in [0.717, 1.165) is 29.9 Å². The molecular formula is C30H47ClO2. The van der Waals surface area contributed by atoms with Crippen molar-refractivity contribution >= 4 is 17.7 Å². The minimum Gasteiger partial charge on any atom is -0.488 e. The van der Waals surface area contributed by atoms with Crippen LogP contribution in [0.2, 0.25) is 0 Å². The molecule has 0 saturated heterocycles. The third-order valence-electron chi connectivity index (χ3n) is 6.50. The predicted molar refractivity (Wildman–Crippen MR) is 144 cm³/mol. The van der Waals surface area contributed by atoms with Crippen LogP contribution in [0.3, 0.4) is 0 Å². The zero-order valence-electron chi connectivity index (χ0n) is 21.1. The van der Waals surface area contributed by atoms with Crippen molar-refractivity contribution in [2.75, 3.05) is 13.2 Å². The molecular weight excluding hydrogens is 428 g/mol. The first-order valence-electron chi connectivity index (χ1n) is 13.6. The van der Waals surface area contributed by atoms with Gasteiger partial charge in [0.1, 0.15) is 12.4 Å². The Hall–Kier alpha value is -1.25. The Balaban J connectivity index is 1.38. The zero-order chi connectivity index (χ0) is 23.4. The monoisotopic (exact) mass is 474 g/mol. The summed E-state index contributed by atoms with van der Waals surface area (Å²) in [5.74, 6) is 0.904. The lowest BCUT2D eigenvalue weighted by atomic mass is 10.0. The third kappa shape index (κ3) is 13.3. The van der Waals surface area contributed by atoms with Gasteiger partial charge in [0, 0.05) is 23.3 Å². The fourth-order valence-electron chi connectivity index (χ4n) is 4.37. The van der Waals surface area contributed by atoms with Crippen LogP contribution in [-0.2, 0) is 11.3 Å². The molecule has 1 aliphatic heterocycles. The lowest BCUT2D eigenvalue weighted by Gasteiger charge is -2.09. The maximum Gasteiger partial charge on any atom is 0.127 e. The number of hydrogen-bond acceptors (Lipinski definition) is 2. The molecule has 0 aromatic heterocycles. The molecule has 0 bridgehead atoms. The molecule has 0 amide bonds. The first kappa shape index (κ1) is 28.0. The number of benzene rings is 1. The molecule has 1 aliphatic rings. The van der Waals surface area contributed by atoms with E-state index in [1.165, 1.54) is 102 Å². The van der Waals surface area contributed by atoms with Crippen molar-refractivity contribution < 1.29 is 9.47 Å². The highest BCUT2D eigenvalue weighted by Crippen LogP contribution is 2.26. The Labute approximate surface area is 208 Å². The van der Waals surface area contributed by atoms with E-state index in [4.69, 9.17) is 21.1 Å². The highest BCUT2D eigenvalue weighted by Gasteiger charge is 2.08. The largest absolute Gasteiger partial charge is 0.488 e. The van der Waals surface area contributed by atoms with Gasteiger partial charge in [0.15, 0.2) is 0 Å². The van der Waals surface area contributed by atoms with Crippen molar-refractivity contribution in [3.63, 3.8) is 0 Å². The Bertz CT molecular complexity index is 680. The predicted octanol–water partition coefficient (Wildman–Crippen LogP) is 9.99. The topological polar surface area (TPSA) is 18.5 Å². The number of hydrogen-bond donors (Lipinski definition) is 0. The summed E-state index contributed by atoms with van der Waals surface area (Å²) in [6.45, 7) is 4.32. The first-order chi connectivity index (χ1) is 16.3. The van der Waals surface area contributed by atoms with Crippen LogP contribution in [0.5, 0.6) is 5.75 Å². The molecule has 0 atom stereocenters. The van der Waals surface area contributed by atoms with Gasteiger partial charge in [0.05, 0.1) is 6.61 Å². The summed E-state index contributed by atoms with van der Waals surface area (Å²) < 4.78 is 11.7. The Morgan fingerprint density at radius 3 is 1.94 bits per heavy atom. The molecule has 0 unspecified atom stereocenters. The van der Waals surface area contributed by atoms with Crippen molar-refractivity contribution in [1.82, 2.24) is 0 Å². The van der Waals surface area contributed by atoms with Gasteiger partial charge in [-0.15, -0.1) is 0 Å². The van der Waals surface area contributed by atoms with Crippen LogP contribution in [0.25, 0.3) is 6.08 Å². The number of ether oxygens (including phenoxy) is 2. The number of halogens is 1. The van der Waals surface area contributed by atoms with Crippen LogP contribution in [0.4, 0.5) is 0 Å². The molecule has 33 heavy (non-hydrogen) atoms. The van der Waals surface area contributed by atoms with E-state index in [0.29, 0.717) is 13.2 Å². The van der Waals surface area contributed by atoms with E-state index in [1.54, 1.807) is 5.54 Å². The molecule has 2 nitrogen and oxygen atoms in total. The summed E-state index contributed by atoms with van der Waals surface area (Å²) in [7, 11) is 0. The average Bonchev–Trinajstić information content (AvgIpc) is 3.05. The molecule has 186 valence electrons. The van der Waals surface area contributed by atoms with Gasteiger partial charge < -0.3 is 9.47 Å². The molecule has 1 heterocycles. The number of unbranched alkanes of at least 4 members (excludes halogenated alkanes) is 15. The minimum absolute atomic E-state index is 0.516. The summed E-state index contributed by atoms with van der Waals surface area (Å²) in [6.07, 6.45) is 26.4. The summed E-state index contributed by atoms with van der Waals surface area (Å²) in [5, 5.41) is 0. The molecule has 0 N–H and O–H groups in total. The first-order valence-corrected chi connectivity index (χ1v) is 14.1. The van der Waals surface area contributed by atoms with Crippen molar-refractivity contribution in [1.29, 1.82) is 0 Å². The van der Waals surface area contributed by atoms with Gasteiger partial charge in [-0.2, -0.15) is 0 Å². The number of rotatable bonds is 19. The number of fused-ring (bicyclic) bond motifs is 1. The van der Waals surface area contributed by atoms with E-state index in [1.807, 2.05) is 12.1 Å². The maximum absolute atomic E-state index is 5.91. The van der Waals surface area contributed by atoms with Gasteiger partial charge in [0.25, 0.3) is 0 Å². The van der Waals surface area contributed by atoms with Gasteiger partial charge in [0.2, 0.25) is 0 Å². The summed E-state index contributed by atoms with van der Waals surface area (Å²) in [4.78, 5) is 0. The van der Waals surface area contributed by atoms with Gasteiger partial charge in [-0.3, -0.25) is 0 Å². The summed E-state index contributed by atoms with van der Waals surface area (Å²) in [5.41, 5.74) is 4.84. The molecule has 0 saturated carbocycles. The van der Waals surface area contributed by atoms with Gasteiger partial charge in [-0.1, -0.05) is 133 Å². The molecule has 3 heteroatoms. The smallest absolute Gasteiger partial charge is 0.127 e. The molecule has 0 fully saturated rings. The van der Waals surface area contributed by atoms with Crippen molar-refractivity contribution in [2.45, 2.75) is 116 Å². The van der Waals surface area contributed by atoms with Crippen molar-refractivity contribution in [3.05, 3.63) is 46.5 Å². The van der Waals surface area contributed by atoms with E-state index >= 15 is 0 Å². The van der Waals surface area contributed by atoms with E-state index in [-0.39, 0.29) is 0 Å². The second-order valence-corrected chi connectivity index (χ2v) is 9.75. The molecule has 0 radical (unpaired) electrons. The fourth-order valence-corrected chi connectivity index (χ4v) is 4.50. The second kappa shape index (κ2) is 19.1. The van der Waals surface area contributed by atoms with Gasteiger partial charge in [-0.05, 0) is 24.1 Å². The quantitative estimate of drug-likeness (QED) is 0.186. The van der Waals surface area contributed by atoms with Gasteiger partial charge in [-0.25, -0.2) is 0 Å². The second-order valence-electron chi connectivity index (χ2n) is 9.53. The Morgan fingerprint density at radius 1 is 0.788 bits per heavy atom. The highest BCUT2D eigenvalue weighted by atomic mass is 35.5. The SMILES string of the molecule is CCCCCCCCCCCCCCCCCCOCc1ccc2c(c1)C=C/C(=C/Cl)CO2. The van der Waals surface area contributed by atoms with E-state index in [9.17, 15) is 0 Å². The minimum atomic E-state index is 0.516. The van der Waals surface area contributed by atoms with Crippen molar-refractivity contribution in [2.24, 2.45) is 0 Å². The lowest BCUT2D eigenvalue weighted by molar-refractivity contribution is 0.116. The molecule has 1 aromatic carbocycles. The third-order valence-corrected chi connectivity index (χ3v) is 6.78. The Kier molecular flexibility index (Phi) is 16.2. The highest BCUT2D eigenvalue weighted by molar-refractivity contribution is 6.25. The lowest BCUT2D eigenvalue weighted by Crippen LogP contribution is -1.99. The van der Waals surface area contributed by atoms with Gasteiger partial charge >= 0.3 is 0 Å². The van der Waals surface area contributed by atoms with E-state index in [2.05, 4.69) is 25.1 Å². The van der Waals surface area contributed by atoms with E-state index < -0.39 is 0 Å². The molecule has 0 spiro atoms. The molecule has 2 rings (SSSR count). The average molecular weight is 475 g/mol. The maximum atomic E-state index is 5.91. The van der Waals surface area contributed by atoms with Crippen LogP contribution >= 0.6 is 11.6 Å². The van der Waals surface area contributed by atoms with Crippen LogP contribution in [0.15, 0.2) is 35.4 Å². The molecule has 0 aliphatic carbocycles. The standard InChI is InChI=1S/C30H47ClO2/c1-2-3-4-5-6-7-8-9-10-11-12-13-14-15-16-17-22-32-25-27-19-21-30-29(23-27)20-18-28(24-31)26-33-30/h18-21,23-24H,2-17,22,25-26H2,1H3/b28-24-. The fraction of sp³-hybridized carbons (Fsp3) is 0.667. The van der Waals surface area contributed by atoms with Crippen LogP contribution < -0.4 is 4.74 Å². The zero-order valence-corrected chi connectivity index (χ0v) is 21.8.